The molecule has 0 aromatic rings. The van der Waals surface area contributed by atoms with E-state index in [4.69, 9.17) is 18.5 Å². The second-order valence-corrected chi connectivity index (χ2v) is 17.1. The number of rotatable bonds is 39. The van der Waals surface area contributed by atoms with Crippen molar-refractivity contribution in [2.75, 3.05) is 47.5 Å². The first-order valence-corrected chi connectivity index (χ1v) is 23.0. The normalized spacial score (nSPS) is 13.8. The van der Waals surface area contributed by atoms with Gasteiger partial charge in [0.2, 0.25) is 0 Å². The van der Waals surface area contributed by atoms with E-state index < -0.39 is 26.5 Å². The molecule has 0 aliphatic rings. The average Bonchev–Trinajstić information content (AvgIpc) is 3.10. The number of ether oxygens (including phenoxy) is 2. The van der Waals surface area contributed by atoms with Crippen LogP contribution in [0, 0.1) is 0 Å². The van der Waals surface area contributed by atoms with Gasteiger partial charge in [-0.1, -0.05) is 141 Å². The monoisotopic (exact) mass is 772 g/mol. The molecular formula is C43H82NO8P. The summed E-state index contributed by atoms with van der Waals surface area (Å²) in [4.78, 5) is 37.5. The number of phosphoric acid groups is 1. The number of hydrogen-bond acceptors (Lipinski definition) is 8. The van der Waals surface area contributed by atoms with Crippen LogP contribution in [-0.2, 0) is 32.7 Å². The van der Waals surface area contributed by atoms with E-state index >= 15 is 0 Å². The molecule has 0 saturated heterocycles. The van der Waals surface area contributed by atoms with Crippen LogP contribution in [0.1, 0.15) is 187 Å². The maximum Gasteiger partial charge on any atom is 0.306 e. The van der Waals surface area contributed by atoms with Crippen LogP contribution in [0.3, 0.4) is 0 Å². The zero-order valence-electron chi connectivity index (χ0n) is 35.0. The maximum absolute atomic E-state index is 12.6. The Kier molecular flexibility index (Phi) is 35.1. The fourth-order valence-corrected chi connectivity index (χ4v) is 6.48. The van der Waals surface area contributed by atoms with Crippen molar-refractivity contribution in [3.8, 4) is 0 Å². The average molecular weight is 772 g/mol. The third-order valence-corrected chi connectivity index (χ3v) is 10.2. The highest BCUT2D eigenvalue weighted by Gasteiger charge is 2.21. The van der Waals surface area contributed by atoms with E-state index in [0.29, 0.717) is 17.4 Å². The number of quaternary nitrogens is 1. The molecule has 0 fully saturated rings. The second kappa shape index (κ2) is 36.1. The summed E-state index contributed by atoms with van der Waals surface area (Å²) in [6.45, 7) is 4.18. The van der Waals surface area contributed by atoms with E-state index in [1.807, 2.05) is 21.1 Å². The molecule has 2 atom stereocenters. The minimum absolute atomic E-state index is 0.0315. The van der Waals surface area contributed by atoms with Crippen molar-refractivity contribution in [1.29, 1.82) is 0 Å². The molecular weight excluding hydrogens is 689 g/mol. The zero-order chi connectivity index (χ0) is 39.3. The molecule has 0 amide bonds. The van der Waals surface area contributed by atoms with Gasteiger partial charge in [0.1, 0.15) is 19.8 Å². The molecule has 0 aliphatic heterocycles. The van der Waals surface area contributed by atoms with E-state index in [1.54, 1.807) is 0 Å². The van der Waals surface area contributed by atoms with Gasteiger partial charge in [0.15, 0.2) is 6.10 Å². The van der Waals surface area contributed by atoms with Gasteiger partial charge in [0.25, 0.3) is 7.82 Å². The molecule has 0 bridgehead atoms. The zero-order valence-corrected chi connectivity index (χ0v) is 35.9. The summed E-state index contributed by atoms with van der Waals surface area (Å²) in [6.07, 6.45) is 37.7. The third kappa shape index (κ3) is 40.0. The lowest BCUT2D eigenvalue weighted by Crippen LogP contribution is -2.37. The quantitative estimate of drug-likeness (QED) is 0.0200. The van der Waals surface area contributed by atoms with Gasteiger partial charge in [0.05, 0.1) is 27.7 Å². The number of allylic oxidation sites excluding steroid dienone is 4. The Morgan fingerprint density at radius 1 is 0.566 bits per heavy atom. The molecule has 312 valence electrons. The number of hydrogen-bond donors (Lipinski definition) is 0. The van der Waals surface area contributed by atoms with E-state index in [-0.39, 0.29) is 32.0 Å². The van der Waals surface area contributed by atoms with Gasteiger partial charge in [0, 0.05) is 12.8 Å². The predicted octanol–water partition coefficient (Wildman–Crippen LogP) is 11.3. The fourth-order valence-electron chi connectivity index (χ4n) is 5.75. The van der Waals surface area contributed by atoms with Crippen molar-refractivity contribution >= 4 is 19.8 Å². The highest BCUT2D eigenvalue weighted by atomic mass is 31.2. The third-order valence-electron chi connectivity index (χ3n) is 9.19. The van der Waals surface area contributed by atoms with Gasteiger partial charge < -0.3 is 27.9 Å². The first kappa shape index (κ1) is 51.5. The summed E-state index contributed by atoms with van der Waals surface area (Å²) < 4.78 is 33.9. The van der Waals surface area contributed by atoms with Crippen LogP contribution < -0.4 is 4.89 Å². The van der Waals surface area contributed by atoms with Crippen LogP contribution in [0.25, 0.3) is 0 Å². The van der Waals surface area contributed by atoms with Gasteiger partial charge >= 0.3 is 11.9 Å². The number of carbonyl (C=O) groups is 2. The lowest BCUT2D eigenvalue weighted by Gasteiger charge is -2.28. The highest BCUT2D eigenvalue weighted by molar-refractivity contribution is 7.45. The van der Waals surface area contributed by atoms with Gasteiger partial charge in [-0.3, -0.25) is 14.2 Å². The van der Waals surface area contributed by atoms with Gasteiger partial charge in [-0.25, -0.2) is 0 Å². The predicted molar refractivity (Wildman–Crippen MR) is 218 cm³/mol. The first-order chi connectivity index (χ1) is 25.5. The van der Waals surface area contributed by atoms with Gasteiger partial charge in [-0.15, -0.1) is 0 Å². The number of phosphoric ester groups is 1. The SMILES string of the molecule is CCCC/C=C/CCCCCCCCCCCC(=O)OC[C@H](COP(=O)([O-])OCC[N+](C)(C)C)OC(=O)CCCCCCC/C=C/CCCCCCC. The van der Waals surface area contributed by atoms with Crippen molar-refractivity contribution in [1.82, 2.24) is 0 Å². The van der Waals surface area contributed by atoms with Crippen molar-refractivity contribution in [3.05, 3.63) is 24.3 Å². The van der Waals surface area contributed by atoms with Gasteiger partial charge in [-0.2, -0.15) is 0 Å². The Balaban J connectivity index is 4.37. The molecule has 0 saturated carbocycles. The van der Waals surface area contributed by atoms with Crippen molar-refractivity contribution < 1.29 is 42.1 Å². The summed E-state index contributed by atoms with van der Waals surface area (Å²) in [6, 6.07) is 0. The van der Waals surface area contributed by atoms with Crippen LogP contribution in [0.15, 0.2) is 24.3 Å². The molecule has 0 N–H and O–H groups in total. The highest BCUT2D eigenvalue weighted by Crippen LogP contribution is 2.38. The molecule has 0 spiro atoms. The second-order valence-electron chi connectivity index (χ2n) is 15.7. The lowest BCUT2D eigenvalue weighted by molar-refractivity contribution is -0.870. The smallest absolute Gasteiger partial charge is 0.306 e. The summed E-state index contributed by atoms with van der Waals surface area (Å²) in [7, 11) is 1.16. The number of esters is 2. The summed E-state index contributed by atoms with van der Waals surface area (Å²) in [5.41, 5.74) is 0. The van der Waals surface area contributed by atoms with Crippen LogP contribution in [0.5, 0.6) is 0 Å². The van der Waals surface area contributed by atoms with Crippen LogP contribution in [0.4, 0.5) is 0 Å². The van der Waals surface area contributed by atoms with Crippen LogP contribution in [0.2, 0.25) is 0 Å². The molecule has 0 aromatic carbocycles. The Hall–Kier alpha value is -1.51. The van der Waals surface area contributed by atoms with E-state index in [1.165, 1.54) is 103 Å². The molecule has 10 heteroatoms. The number of unbranched alkanes of at least 4 members (excludes halogenated alkanes) is 21. The molecule has 53 heavy (non-hydrogen) atoms. The number of nitrogens with zero attached hydrogens (tertiary/aromatic N) is 1. The Morgan fingerprint density at radius 2 is 0.981 bits per heavy atom. The minimum Gasteiger partial charge on any atom is -0.756 e. The largest absolute Gasteiger partial charge is 0.756 e. The van der Waals surface area contributed by atoms with Crippen molar-refractivity contribution in [3.63, 3.8) is 0 Å². The summed E-state index contributed by atoms with van der Waals surface area (Å²) in [5, 5.41) is 0. The number of likely N-dealkylation sites (N-methyl/N-ethyl adjacent to an activating group) is 1. The Labute approximate surface area is 326 Å². The maximum atomic E-state index is 12.6. The molecule has 0 aromatic heterocycles. The van der Waals surface area contributed by atoms with E-state index in [2.05, 4.69) is 38.2 Å². The fraction of sp³-hybridized carbons (Fsp3) is 0.860. The van der Waals surface area contributed by atoms with Gasteiger partial charge in [-0.05, 0) is 57.8 Å². The van der Waals surface area contributed by atoms with E-state index in [9.17, 15) is 19.0 Å². The van der Waals surface area contributed by atoms with Crippen molar-refractivity contribution in [2.24, 2.45) is 0 Å². The minimum atomic E-state index is -4.62. The van der Waals surface area contributed by atoms with Crippen LogP contribution >= 0.6 is 7.82 Å². The van der Waals surface area contributed by atoms with E-state index in [0.717, 1.165) is 51.4 Å². The Morgan fingerprint density at radius 3 is 1.45 bits per heavy atom. The summed E-state index contributed by atoms with van der Waals surface area (Å²) >= 11 is 0. The summed E-state index contributed by atoms with van der Waals surface area (Å²) in [5.74, 6) is -0.844. The topological polar surface area (TPSA) is 111 Å². The molecule has 0 aliphatic carbocycles. The molecule has 0 heterocycles. The molecule has 0 rings (SSSR count). The first-order valence-electron chi connectivity index (χ1n) is 21.5. The standard InChI is InChI=1S/C43H82NO8P/c1-6-8-10-12-14-16-18-20-22-24-25-27-29-31-33-35-42(45)49-39-41(40-51-53(47,48)50-38-37-44(3,4)5)52-43(46)36-34-32-30-28-26-23-21-19-17-15-13-11-9-7-2/h12,14,19,21,41H,6-11,13,15-18,20,22-40H2,1-5H3/b14-12+,21-19+/t41-/m1/s1. The molecule has 9 nitrogen and oxygen atoms in total. The molecule has 1 unspecified atom stereocenters. The van der Waals surface area contributed by atoms with Crippen molar-refractivity contribution in [2.45, 2.75) is 193 Å². The lowest BCUT2D eigenvalue weighted by atomic mass is 10.1. The van der Waals surface area contributed by atoms with Crippen LogP contribution in [-0.4, -0.2) is 70.0 Å². The Bertz CT molecular complexity index is 964. The molecule has 0 radical (unpaired) electrons. The number of carbonyl (C=O) groups excluding carboxylic acids is 2.